The number of rotatable bonds is 9. The summed E-state index contributed by atoms with van der Waals surface area (Å²) >= 11 is 0. The molecule has 0 aliphatic rings. The number of nitrogens with one attached hydrogen (secondary N) is 1. The van der Waals surface area contributed by atoms with Crippen LogP contribution in [-0.2, 0) is 9.53 Å². The van der Waals surface area contributed by atoms with Gasteiger partial charge < -0.3 is 20.1 Å². The van der Waals surface area contributed by atoms with Crippen molar-refractivity contribution in [3.8, 4) is 0 Å². The van der Waals surface area contributed by atoms with Gasteiger partial charge in [0, 0.05) is 20.2 Å². The summed E-state index contributed by atoms with van der Waals surface area (Å²) < 4.78 is 4.99. The molecule has 0 saturated heterocycles. The van der Waals surface area contributed by atoms with E-state index >= 15 is 0 Å². The molecule has 0 aromatic carbocycles. The van der Waals surface area contributed by atoms with E-state index in [1.165, 1.54) is 0 Å². The van der Waals surface area contributed by atoms with Gasteiger partial charge >= 0.3 is 12.0 Å². The molecule has 0 aromatic rings. The number of carboxylic acids is 1. The number of ether oxygens (including phenoxy) is 1. The number of methoxy groups -OCH3 is 1. The fraction of sp³-hybridized carbons (Fsp3) is 0.857. The zero-order valence-electron chi connectivity index (χ0n) is 13.2. The van der Waals surface area contributed by atoms with Crippen LogP contribution in [0.5, 0.6) is 0 Å². The van der Waals surface area contributed by atoms with Crippen molar-refractivity contribution in [3.63, 3.8) is 0 Å². The molecule has 0 spiro atoms. The van der Waals surface area contributed by atoms with Gasteiger partial charge in [-0.15, -0.1) is 0 Å². The Kier molecular flexibility index (Phi) is 8.96. The molecule has 0 bridgehead atoms. The molecule has 0 radical (unpaired) electrons. The van der Waals surface area contributed by atoms with Crippen molar-refractivity contribution in [1.82, 2.24) is 10.2 Å². The van der Waals surface area contributed by atoms with E-state index in [4.69, 9.17) is 4.74 Å². The lowest BCUT2D eigenvalue weighted by molar-refractivity contribution is -0.140. The van der Waals surface area contributed by atoms with Crippen molar-refractivity contribution < 1.29 is 19.4 Å². The number of aliphatic carboxylic acids is 1. The second-order valence-electron chi connectivity index (χ2n) is 5.48. The van der Waals surface area contributed by atoms with Gasteiger partial charge in [-0.05, 0) is 11.8 Å². The number of carboxylic acid groups (broad SMARTS) is 1. The smallest absolute Gasteiger partial charge is 0.326 e. The number of carbonyl (C=O) groups excluding carboxylic acids is 1. The lowest BCUT2D eigenvalue weighted by atomic mass is 9.99. The molecule has 0 saturated carbocycles. The normalized spacial score (nSPS) is 13.9. The van der Waals surface area contributed by atoms with Crippen molar-refractivity contribution >= 4 is 12.0 Å². The minimum Gasteiger partial charge on any atom is -0.480 e. The highest BCUT2D eigenvalue weighted by Crippen LogP contribution is 2.09. The molecule has 118 valence electrons. The maximum absolute atomic E-state index is 12.2. The van der Waals surface area contributed by atoms with E-state index in [1.807, 2.05) is 27.7 Å². The highest BCUT2D eigenvalue weighted by molar-refractivity contribution is 5.82. The summed E-state index contributed by atoms with van der Waals surface area (Å²) in [4.78, 5) is 25.1. The minimum absolute atomic E-state index is 0.111. The predicted molar refractivity (Wildman–Crippen MR) is 77.7 cm³/mol. The van der Waals surface area contributed by atoms with Gasteiger partial charge in [0.15, 0.2) is 0 Å². The molecular weight excluding hydrogens is 260 g/mol. The average molecular weight is 288 g/mol. The molecule has 6 nitrogen and oxygen atoms in total. The van der Waals surface area contributed by atoms with Crippen LogP contribution < -0.4 is 5.32 Å². The molecule has 2 N–H and O–H groups in total. The first kappa shape index (κ1) is 18.7. The summed E-state index contributed by atoms with van der Waals surface area (Å²) in [6.45, 7) is 9.20. The van der Waals surface area contributed by atoms with Crippen LogP contribution in [0, 0.1) is 11.8 Å². The molecule has 0 aromatic heterocycles. The molecule has 0 rings (SSSR count). The minimum atomic E-state index is -0.996. The van der Waals surface area contributed by atoms with E-state index in [1.54, 1.807) is 12.0 Å². The summed E-state index contributed by atoms with van der Waals surface area (Å²) in [6, 6.07) is -1.20. The molecule has 6 heteroatoms. The van der Waals surface area contributed by atoms with Gasteiger partial charge in [0.2, 0.25) is 0 Å². The lowest BCUT2D eigenvalue weighted by Crippen LogP contribution is -2.51. The van der Waals surface area contributed by atoms with Crippen LogP contribution in [0.1, 0.15) is 34.1 Å². The van der Waals surface area contributed by atoms with Gasteiger partial charge in [-0.1, -0.05) is 34.1 Å². The Balaban J connectivity index is 4.73. The standard InChI is InChI=1S/C14H28N2O4/c1-6-11(4)12(13(17)18)15-14(19)16(7-8-20-5)9-10(2)3/h10-12H,6-9H2,1-5H3,(H,15,19)(H,17,18)/t11?,12-/m0/s1. The third-order valence-corrected chi connectivity index (χ3v) is 3.20. The first-order valence-electron chi connectivity index (χ1n) is 7.10. The number of hydrogen-bond donors (Lipinski definition) is 2. The van der Waals surface area contributed by atoms with Gasteiger partial charge in [0.25, 0.3) is 0 Å². The Bertz CT molecular complexity index is 308. The average Bonchev–Trinajstić information content (AvgIpc) is 2.38. The topological polar surface area (TPSA) is 78.9 Å². The Morgan fingerprint density at radius 1 is 1.30 bits per heavy atom. The number of nitrogens with zero attached hydrogens (tertiary/aromatic N) is 1. The van der Waals surface area contributed by atoms with Gasteiger partial charge in [0.05, 0.1) is 6.61 Å². The van der Waals surface area contributed by atoms with Crippen molar-refractivity contribution in [3.05, 3.63) is 0 Å². The van der Waals surface area contributed by atoms with Gasteiger partial charge in [0.1, 0.15) is 6.04 Å². The molecule has 0 heterocycles. The molecule has 0 fully saturated rings. The van der Waals surface area contributed by atoms with Crippen LogP contribution in [0.15, 0.2) is 0 Å². The Hall–Kier alpha value is -1.30. The van der Waals surface area contributed by atoms with E-state index < -0.39 is 12.0 Å². The maximum Gasteiger partial charge on any atom is 0.326 e. The summed E-state index contributed by atoms with van der Waals surface area (Å²) in [5.74, 6) is -0.798. The molecule has 0 aliphatic heterocycles. The Morgan fingerprint density at radius 2 is 1.90 bits per heavy atom. The fourth-order valence-electron chi connectivity index (χ4n) is 1.83. The third kappa shape index (κ3) is 6.75. The monoisotopic (exact) mass is 288 g/mol. The van der Waals surface area contributed by atoms with Gasteiger partial charge in [-0.3, -0.25) is 0 Å². The van der Waals surface area contributed by atoms with Crippen molar-refractivity contribution in [2.75, 3.05) is 26.8 Å². The first-order valence-corrected chi connectivity index (χ1v) is 7.10. The maximum atomic E-state index is 12.2. The van der Waals surface area contributed by atoms with Crippen LogP contribution in [0.25, 0.3) is 0 Å². The molecule has 2 atom stereocenters. The molecule has 2 amide bonds. The zero-order chi connectivity index (χ0) is 15.7. The van der Waals surface area contributed by atoms with Crippen LogP contribution in [0.4, 0.5) is 4.79 Å². The van der Waals surface area contributed by atoms with E-state index in [0.717, 1.165) is 0 Å². The number of carbonyl (C=O) groups is 2. The highest BCUT2D eigenvalue weighted by atomic mass is 16.5. The Labute approximate surface area is 121 Å². The van der Waals surface area contributed by atoms with Crippen LogP contribution >= 0.6 is 0 Å². The second kappa shape index (κ2) is 9.58. The predicted octanol–water partition coefficient (Wildman–Crippen LogP) is 1.80. The van der Waals surface area contributed by atoms with Crippen molar-refractivity contribution in [2.45, 2.75) is 40.2 Å². The third-order valence-electron chi connectivity index (χ3n) is 3.20. The molecule has 20 heavy (non-hydrogen) atoms. The SMILES string of the molecule is CCC(C)[C@H](NC(=O)N(CCOC)CC(C)C)C(=O)O. The second-order valence-corrected chi connectivity index (χ2v) is 5.48. The van der Waals surface area contributed by atoms with Crippen LogP contribution in [0.2, 0.25) is 0 Å². The molecule has 0 aliphatic carbocycles. The lowest BCUT2D eigenvalue weighted by Gasteiger charge is -2.28. The van der Waals surface area contributed by atoms with Gasteiger partial charge in [-0.2, -0.15) is 0 Å². The number of amides is 2. The van der Waals surface area contributed by atoms with Crippen LogP contribution in [-0.4, -0.2) is 54.9 Å². The summed E-state index contributed by atoms with van der Waals surface area (Å²) in [6.07, 6.45) is 0.694. The van der Waals surface area contributed by atoms with Gasteiger partial charge in [-0.25, -0.2) is 9.59 Å². The summed E-state index contributed by atoms with van der Waals surface area (Å²) in [7, 11) is 1.57. The quantitative estimate of drug-likeness (QED) is 0.678. The van der Waals surface area contributed by atoms with Crippen molar-refractivity contribution in [2.24, 2.45) is 11.8 Å². The van der Waals surface area contributed by atoms with E-state index in [-0.39, 0.29) is 11.9 Å². The van der Waals surface area contributed by atoms with E-state index in [2.05, 4.69) is 5.32 Å². The van der Waals surface area contributed by atoms with E-state index in [0.29, 0.717) is 32.0 Å². The van der Waals surface area contributed by atoms with E-state index in [9.17, 15) is 14.7 Å². The summed E-state index contributed by atoms with van der Waals surface area (Å²) in [5.41, 5.74) is 0. The zero-order valence-corrected chi connectivity index (χ0v) is 13.2. The molecular formula is C14H28N2O4. The number of hydrogen-bond acceptors (Lipinski definition) is 3. The number of urea groups is 1. The first-order chi connectivity index (χ1) is 9.33. The summed E-state index contributed by atoms with van der Waals surface area (Å²) in [5, 5.41) is 11.8. The van der Waals surface area contributed by atoms with Crippen LogP contribution in [0.3, 0.4) is 0 Å². The fourth-order valence-corrected chi connectivity index (χ4v) is 1.83. The molecule has 1 unspecified atom stereocenters. The largest absolute Gasteiger partial charge is 0.480 e. The Morgan fingerprint density at radius 3 is 2.30 bits per heavy atom. The van der Waals surface area contributed by atoms with Crippen molar-refractivity contribution in [1.29, 1.82) is 0 Å². The highest BCUT2D eigenvalue weighted by Gasteiger charge is 2.27.